The molecular formula is C17H18N2O2. The molecule has 0 aliphatic rings. The molecule has 0 aliphatic heterocycles. The number of aryl methyl sites for hydroxylation is 2. The number of methoxy groups -OCH3 is 1. The van der Waals surface area contributed by atoms with Gasteiger partial charge in [-0.3, -0.25) is 4.79 Å². The number of amides is 1. The number of ether oxygens (including phenoxy) is 1. The third-order valence-electron chi connectivity index (χ3n) is 3.06. The van der Waals surface area contributed by atoms with Crippen LogP contribution in [0.3, 0.4) is 0 Å². The number of carbonyl (C=O) groups excluding carboxylic acids is 1. The first-order valence-electron chi connectivity index (χ1n) is 6.65. The fraction of sp³-hybridized carbons (Fsp3) is 0.176. The van der Waals surface area contributed by atoms with E-state index in [9.17, 15) is 4.79 Å². The second kappa shape index (κ2) is 6.70. The van der Waals surface area contributed by atoms with Gasteiger partial charge in [0.2, 0.25) is 0 Å². The fourth-order valence-electron chi connectivity index (χ4n) is 1.86. The number of hydrazone groups is 1. The number of nitrogens with one attached hydrogen (secondary N) is 1. The Kier molecular flexibility index (Phi) is 4.72. The van der Waals surface area contributed by atoms with Crippen molar-refractivity contribution in [3.63, 3.8) is 0 Å². The lowest BCUT2D eigenvalue weighted by Crippen LogP contribution is -2.18. The van der Waals surface area contributed by atoms with E-state index in [1.165, 1.54) is 5.56 Å². The first-order valence-corrected chi connectivity index (χ1v) is 6.65. The first-order chi connectivity index (χ1) is 10.1. The van der Waals surface area contributed by atoms with Crippen LogP contribution < -0.4 is 10.2 Å². The number of hydrogen-bond donors (Lipinski definition) is 1. The standard InChI is InChI=1S/C17H18N2O2/c1-12-4-7-14(8-5-12)11-18-19-17(20)15-9-6-13(2)10-16(15)21-3/h4-11H,1-3H3,(H,19,20)/b18-11+. The molecule has 0 aromatic heterocycles. The molecule has 0 spiro atoms. The lowest BCUT2D eigenvalue weighted by atomic mass is 10.1. The SMILES string of the molecule is COc1cc(C)ccc1C(=O)N/N=C/c1ccc(C)cc1. The van der Waals surface area contributed by atoms with Gasteiger partial charge < -0.3 is 4.74 Å². The van der Waals surface area contributed by atoms with Gasteiger partial charge in [-0.05, 0) is 37.1 Å². The van der Waals surface area contributed by atoms with Crippen LogP contribution in [-0.4, -0.2) is 19.2 Å². The molecule has 0 bridgehead atoms. The van der Waals surface area contributed by atoms with Crippen molar-refractivity contribution in [2.75, 3.05) is 7.11 Å². The third kappa shape index (κ3) is 3.92. The van der Waals surface area contributed by atoms with E-state index >= 15 is 0 Å². The third-order valence-corrected chi connectivity index (χ3v) is 3.06. The molecule has 0 radical (unpaired) electrons. The molecule has 1 N–H and O–H groups in total. The Morgan fingerprint density at radius 2 is 1.76 bits per heavy atom. The van der Waals surface area contributed by atoms with E-state index in [4.69, 9.17) is 4.74 Å². The topological polar surface area (TPSA) is 50.7 Å². The van der Waals surface area contributed by atoms with Crippen molar-refractivity contribution >= 4 is 12.1 Å². The Morgan fingerprint density at radius 1 is 1.10 bits per heavy atom. The summed E-state index contributed by atoms with van der Waals surface area (Å²) >= 11 is 0. The smallest absolute Gasteiger partial charge is 0.275 e. The predicted molar refractivity (Wildman–Crippen MR) is 84.0 cm³/mol. The maximum atomic E-state index is 12.1. The Labute approximate surface area is 124 Å². The molecule has 0 atom stereocenters. The predicted octanol–water partition coefficient (Wildman–Crippen LogP) is 3.08. The monoisotopic (exact) mass is 282 g/mol. The molecule has 21 heavy (non-hydrogen) atoms. The normalized spacial score (nSPS) is 10.6. The zero-order valence-corrected chi connectivity index (χ0v) is 12.4. The van der Waals surface area contributed by atoms with Crippen LogP contribution in [0.25, 0.3) is 0 Å². The van der Waals surface area contributed by atoms with Gasteiger partial charge in [0.25, 0.3) is 5.91 Å². The number of carbonyl (C=O) groups is 1. The summed E-state index contributed by atoms with van der Waals surface area (Å²) in [5.74, 6) is 0.244. The summed E-state index contributed by atoms with van der Waals surface area (Å²) in [5, 5.41) is 3.97. The number of nitrogens with zero attached hydrogens (tertiary/aromatic N) is 1. The van der Waals surface area contributed by atoms with Crippen LogP contribution in [0.2, 0.25) is 0 Å². The fourth-order valence-corrected chi connectivity index (χ4v) is 1.86. The molecule has 0 saturated heterocycles. The highest BCUT2D eigenvalue weighted by atomic mass is 16.5. The van der Waals surface area contributed by atoms with Crippen molar-refractivity contribution in [1.29, 1.82) is 0 Å². The molecule has 0 saturated carbocycles. The summed E-state index contributed by atoms with van der Waals surface area (Å²) in [6, 6.07) is 13.3. The second-order valence-corrected chi connectivity index (χ2v) is 4.81. The molecule has 2 aromatic rings. The van der Waals surface area contributed by atoms with Crippen LogP contribution in [0.4, 0.5) is 0 Å². The van der Waals surface area contributed by atoms with Gasteiger partial charge in [-0.25, -0.2) is 5.43 Å². The second-order valence-electron chi connectivity index (χ2n) is 4.81. The molecular weight excluding hydrogens is 264 g/mol. The highest BCUT2D eigenvalue weighted by Gasteiger charge is 2.11. The molecule has 0 unspecified atom stereocenters. The van der Waals surface area contributed by atoms with Crippen LogP contribution in [0.15, 0.2) is 47.6 Å². The van der Waals surface area contributed by atoms with Gasteiger partial charge in [0, 0.05) is 0 Å². The summed E-state index contributed by atoms with van der Waals surface area (Å²) in [6.07, 6.45) is 1.61. The number of hydrogen-bond acceptors (Lipinski definition) is 3. The minimum Gasteiger partial charge on any atom is -0.496 e. The number of rotatable bonds is 4. The van der Waals surface area contributed by atoms with Crippen molar-refractivity contribution in [2.24, 2.45) is 5.10 Å². The Balaban J connectivity index is 2.06. The zero-order valence-electron chi connectivity index (χ0n) is 12.4. The first kappa shape index (κ1) is 14.8. The van der Waals surface area contributed by atoms with E-state index in [1.807, 2.05) is 50.2 Å². The average Bonchev–Trinajstić information content (AvgIpc) is 2.49. The van der Waals surface area contributed by atoms with E-state index in [1.54, 1.807) is 19.4 Å². The zero-order chi connectivity index (χ0) is 15.2. The summed E-state index contributed by atoms with van der Waals surface area (Å²) < 4.78 is 5.21. The van der Waals surface area contributed by atoms with Crippen molar-refractivity contribution in [1.82, 2.24) is 5.43 Å². The lowest BCUT2D eigenvalue weighted by molar-refractivity contribution is 0.0952. The van der Waals surface area contributed by atoms with Crippen LogP contribution in [0, 0.1) is 13.8 Å². The molecule has 4 heteroatoms. The van der Waals surface area contributed by atoms with Crippen LogP contribution in [-0.2, 0) is 0 Å². The molecule has 1 amide bonds. The minimum atomic E-state index is -0.296. The summed E-state index contributed by atoms with van der Waals surface area (Å²) in [4.78, 5) is 12.1. The van der Waals surface area contributed by atoms with Gasteiger partial charge in [0.05, 0.1) is 18.9 Å². The lowest BCUT2D eigenvalue weighted by Gasteiger charge is -2.07. The minimum absolute atomic E-state index is 0.296. The van der Waals surface area contributed by atoms with E-state index in [0.717, 1.165) is 11.1 Å². The van der Waals surface area contributed by atoms with Crippen molar-refractivity contribution in [3.8, 4) is 5.75 Å². The largest absolute Gasteiger partial charge is 0.496 e. The van der Waals surface area contributed by atoms with E-state index < -0.39 is 0 Å². The molecule has 108 valence electrons. The van der Waals surface area contributed by atoms with E-state index in [2.05, 4.69) is 10.5 Å². The van der Waals surface area contributed by atoms with Gasteiger partial charge in [-0.15, -0.1) is 0 Å². The maximum Gasteiger partial charge on any atom is 0.275 e. The Bertz CT molecular complexity index is 661. The summed E-state index contributed by atoms with van der Waals surface area (Å²) in [6.45, 7) is 3.96. The molecule has 2 aromatic carbocycles. The maximum absolute atomic E-state index is 12.1. The van der Waals surface area contributed by atoms with E-state index in [-0.39, 0.29) is 5.91 Å². The molecule has 4 nitrogen and oxygen atoms in total. The van der Waals surface area contributed by atoms with E-state index in [0.29, 0.717) is 11.3 Å². The van der Waals surface area contributed by atoms with Gasteiger partial charge in [-0.1, -0.05) is 35.9 Å². The van der Waals surface area contributed by atoms with Crippen LogP contribution >= 0.6 is 0 Å². The van der Waals surface area contributed by atoms with Gasteiger partial charge in [0.15, 0.2) is 0 Å². The highest BCUT2D eigenvalue weighted by molar-refractivity contribution is 5.97. The Hall–Kier alpha value is -2.62. The summed E-state index contributed by atoms with van der Waals surface area (Å²) in [5.41, 5.74) is 6.11. The molecule has 2 rings (SSSR count). The van der Waals surface area contributed by atoms with Crippen LogP contribution in [0.5, 0.6) is 5.75 Å². The van der Waals surface area contributed by atoms with Crippen molar-refractivity contribution < 1.29 is 9.53 Å². The Morgan fingerprint density at radius 3 is 2.43 bits per heavy atom. The van der Waals surface area contributed by atoms with Crippen molar-refractivity contribution in [3.05, 3.63) is 64.7 Å². The van der Waals surface area contributed by atoms with Gasteiger partial charge in [0.1, 0.15) is 5.75 Å². The quantitative estimate of drug-likeness (QED) is 0.692. The summed E-state index contributed by atoms with van der Waals surface area (Å²) in [7, 11) is 1.54. The van der Waals surface area contributed by atoms with Gasteiger partial charge >= 0.3 is 0 Å². The molecule has 0 fully saturated rings. The molecule has 0 aliphatic carbocycles. The van der Waals surface area contributed by atoms with Crippen LogP contribution in [0.1, 0.15) is 27.0 Å². The average molecular weight is 282 g/mol. The molecule has 0 heterocycles. The highest BCUT2D eigenvalue weighted by Crippen LogP contribution is 2.19. The number of benzene rings is 2. The van der Waals surface area contributed by atoms with Gasteiger partial charge in [-0.2, -0.15) is 5.10 Å². The van der Waals surface area contributed by atoms with Crippen molar-refractivity contribution in [2.45, 2.75) is 13.8 Å².